The van der Waals surface area contributed by atoms with Gasteiger partial charge in [-0.25, -0.2) is 8.42 Å². The second-order valence-corrected chi connectivity index (χ2v) is 7.16. The summed E-state index contributed by atoms with van der Waals surface area (Å²) in [7, 11) is -3.51. The minimum absolute atomic E-state index is 0.316. The molecule has 21 heavy (non-hydrogen) atoms. The summed E-state index contributed by atoms with van der Waals surface area (Å²) in [6.45, 7) is 3.77. The van der Waals surface area contributed by atoms with Gasteiger partial charge in [0.1, 0.15) is 0 Å². The van der Waals surface area contributed by atoms with Crippen molar-refractivity contribution in [3.63, 3.8) is 0 Å². The number of anilines is 2. The van der Waals surface area contributed by atoms with Crippen molar-refractivity contribution in [2.75, 3.05) is 36.8 Å². The third-order valence-electron chi connectivity index (χ3n) is 3.73. The average Bonchev–Trinajstić information content (AvgIpc) is 2.49. The Morgan fingerprint density at radius 2 is 1.81 bits per heavy atom. The molecular weight excluding hydrogens is 288 g/mol. The van der Waals surface area contributed by atoms with Crippen LogP contribution in [0.25, 0.3) is 0 Å². The molecule has 0 radical (unpaired) electrons. The fraction of sp³-hybridized carbons (Fsp3) is 0.500. The number of piperazine rings is 1. The van der Waals surface area contributed by atoms with Crippen LogP contribution in [0, 0.1) is 11.3 Å². The van der Waals surface area contributed by atoms with Crippen molar-refractivity contribution in [2.45, 2.75) is 18.6 Å². The van der Waals surface area contributed by atoms with Gasteiger partial charge in [0.2, 0.25) is 10.0 Å². The van der Waals surface area contributed by atoms with Gasteiger partial charge in [0.05, 0.1) is 6.07 Å². The van der Waals surface area contributed by atoms with E-state index in [9.17, 15) is 8.42 Å². The minimum atomic E-state index is -3.51. The lowest BCUT2D eigenvalue weighted by atomic mass is 10.2. The molecule has 1 fully saturated rings. The maximum atomic E-state index is 12.3. The first-order valence-electron chi connectivity index (χ1n) is 6.98. The standard InChI is InChI=1S/C14H20N4O2S/c1-2-14(11-15)21(19,20)18-9-7-17(8-10-18)13-5-3-12(16)4-6-13/h3-6,14H,2,7-10,16H2,1H3. The monoisotopic (exact) mass is 308 g/mol. The summed E-state index contributed by atoms with van der Waals surface area (Å²) >= 11 is 0. The molecule has 2 N–H and O–H groups in total. The van der Waals surface area contributed by atoms with E-state index in [4.69, 9.17) is 11.0 Å². The average molecular weight is 308 g/mol. The van der Waals surface area contributed by atoms with E-state index in [1.807, 2.05) is 30.3 Å². The number of hydrogen-bond donors (Lipinski definition) is 1. The molecular formula is C14H20N4O2S. The van der Waals surface area contributed by atoms with Crippen LogP contribution in [0.5, 0.6) is 0 Å². The Bertz CT molecular complexity index is 613. The molecule has 6 nitrogen and oxygen atoms in total. The normalized spacial score (nSPS) is 18.2. The third kappa shape index (κ3) is 3.28. The largest absolute Gasteiger partial charge is 0.399 e. The Hall–Kier alpha value is -1.78. The number of rotatable bonds is 4. The lowest BCUT2D eigenvalue weighted by Gasteiger charge is -2.36. The fourth-order valence-electron chi connectivity index (χ4n) is 2.43. The number of nitriles is 1. The summed E-state index contributed by atoms with van der Waals surface area (Å²) in [5, 5.41) is 8.03. The molecule has 1 aromatic rings. The van der Waals surface area contributed by atoms with E-state index in [0.717, 1.165) is 5.69 Å². The van der Waals surface area contributed by atoms with Gasteiger partial charge in [-0.05, 0) is 30.7 Å². The van der Waals surface area contributed by atoms with Crippen LogP contribution in [-0.4, -0.2) is 44.2 Å². The molecule has 0 saturated carbocycles. The van der Waals surface area contributed by atoms with Crippen LogP contribution in [0.2, 0.25) is 0 Å². The van der Waals surface area contributed by atoms with Crippen molar-refractivity contribution in [3.8, 4) is 6.07 Å². The van der Waals surface area contributed by atoms with Crippen molar-refractivity contribution in [1.82, 2.24) is 4.31 Å². The summed E-state index contributed by atoms with van der Waals surface area (Å²) in [4.78, 5) is 2.12. The zero-order valence-corrected chi connectivity index (χ0v) is 12.9. The summed E-state index contributed by atoms with van der Waals surface area (Å²) < 4.78 is 26.0. The summed E-state index contributed by atoms with van der Waals surface area (Å²) in [6, 6.07) is 9.42. The molecule has 0 aromatic heterocycles. The molecule has 1 atom stereocenters. The van der Waals surface area contributed by atoms with Crippen molar-refractivity contribution < 1.29 is 8.42 Å². The number of sulfonamides is 1. The number of benzene rings is 1. The van der Waals surface area contributed by atoms with Crippen LogP contribution in [0.4, 0.5) is 11.4 Å². The van der Waals surface area contributed by atoms with Gasteiger partial charge in [-0.2, -0.15) is 9.57 Å². The number of nitrogen functional groups attached to an aromatic ring is 1. The topological polar surface area (TPSA) is 90.4 Å². The second-order valence-electron chi connectivity index (χ2n) is 5.05. The summed E-state index contributed by atoms with van der Waals surface area (Å²) in [5.41, 5.74) is 7.41. The quantitative estimate of drug-likeness (QED) is 0.839. The first-order valence-corrected chi connectivity index (χ1v) is 8.48. The summed E-state index contributed by atoms with van der Waals surface area (Å²) in [6.07, 6.45) is 0.316. The first-order chi connectivity index (χ1) is 9.98. The molecule has 1 heterocycles. The number of nitrogens with zero attached hydrogens (tertiary/aromatic N) is 3. The molecule has 0 aliphatic carbocycles. The highest BCUT2D eigenvalue weighted by atomic mass is 32.2. The Kier molecular flexibility index (Phi) is 4.70. The van der Waals surface area contributed by atoms with Gasteiger partial charge in [-0.15, -0.1) is 0 Å². The summed E-state index contributed by atoms with van der Waals surface area (Å²) in [5.74, 6) is 0. The number of nitrogens with two attached hydrogens (primary N) is 1. The van der Waals surface area contributed by atoms with Gasteiger partial charge in [-0.3, -0.25) is 0 Å². The SMILES string of the molecule is CCC(C#N)S(=O)(=O)N1CCN(c2ccc(N)cc2)CC1. The minimum Gasteiger partial charge on any atom is -0.399 e. The van der Waals surface area contributed by atoms with Gasteiger partial charge in [-0.1, -0.05) is 6.92 Å². The molecule has 1 aromatic carbocycles. The van der Waals surface area contributed by atoms with Gasteiger partial charge in [0, 0.05) is 37.6 Å². The molecule has 0 bridgehead atoms. The van der Waals surface area contributed by atoms with E-state index >= 15 is 0 Å². The fourth-order valence-corrected chi connectivity index (χ4v) is 4.02. The molecule has 1 unspecified atom stereocenters. The molecule has 1 saturated heterocycles. The lowest BCUT2D eigenvalue weighted by Crippen LogP contribution is -2.51. The Balaban J connectivity index is 2.03. The van der Waals surface area contributed by atoms with Crippen LogP contribution in [-0.2, 0) is 10.0 Å². The predicted molar refractivity (Wildman–Crippen MR) is 83.3 cm³/mol. The van der Waals surface area contributed by atoms with E-state index < -0.39 is 15.3 Å². The second kappa shape index (κ2) is 6.33. The van der Waals surface area contributed by atoms with Gasteiger partial charge in [0.25, 0.3) is 0 Å². The van der Waals surface area contributed by atoms with Crippen molar-refractivity contribution in [1.29, 1.82) is 5.26 Å². The van der Waals surface area contributed by atoms with Crippen molar-refractivity contribution in [3.05, 3.63) is 24.3 Å². The first kappa shape index (κ1) is 15.6. The van der Waals surface area contributed by atoms with Crippen LogP contribution in [0.3, 0.4) is 0 Å². The smallest absolute Gasteiger partial charge is 0.230 e. The van der Waals surface area contributed by atoms with E-state index in [-0.39, 0.29) is 0 Å². The Morgan fingerprint density at radius 3 is 2.29 bits per heavy atom. The van der Waals surface area contributed by atoms with E-state index in [1.165, 1.54) is 4.31 Å². The number of hydrogen-bond acceptors (Lipinski definition) is 5. The van der Waals surface area contributed by atoms with E-state index in [0.29, 0.717) is 38.3 Å². The van der Waals surface area contributed by atoms with E-state index in [1.54, 1.807) is 6.92 Å². The van der Waals surface area contributed by atoms with Crippen molar-refractivity contribution in [2.24, 2.45) is 0 Å². The molecule has 7 heteroatoms. The molecule has 0 spiro atoms. The molecule has 114 valence electrons. The lowest BCUT2D eigenvalue weighted by molar-refractivity contribution is 0.381. The van der Waals surface area contributed by atoms with Crippen molar-refractivity contribution >= 4 is 21.4 Å². The van der Waals surface area contributed by atoms with Crippen LogP contribution in [0.15, 0.2) is 24.3 Å². The Morgan fingerprint density at radius 1 is 1.24 bits per heavy atom. The molecule has 0 amide bonds. The van der Waals surface area contributed by atoms with E-state index in [2.05, 4.69) is 4.90 Å². The Labute approximate surface area is 125 Å². The van der Waals surface area contributed by atoms with Gasteiger partial charge in [0.15, 0.2) is 5.25 Å². The third-order valence-corrected chi connectivity index (χ3v) is 5.97. The maximum Gasteiger partial charge on any atom is 0.230 e. The van der Waals surface area contributed by atoms with Gasteiger partial charge >= 0.3 is 0 Å². The zero-order valence-electron chi connectivity index (χ0n) is 12.1. The van der Waals surface area contributed by atoms with Crippen LogP contribution >= 0.6 is 0 Å². The van der Waals surface area contributed by atoms with Crippen LogP contribution < -0.4 is 10.6 Å². The molecule has 2 rings (SSSR count). The predicted octanol–water partition coefficient (Wildman–Crippen LogP) is 1.02. The highest BCUT2D eigenvalue weighted by Gasteiger charge is 2.33. The highest BCUT2D eigenvalue weighted by molar-refractivity contribution is 7.90. The molecule has 1 aliphatic heterocycles. The zero-order chi connectivity index (χ0) is 15.5. The highest BCUT2D eigenvalue weighted by Crippen LogP contribution is 2.20. The van der Waals surface area contributed by atoms with Gasteiger partial charge < -0.3 is 10.6 Å². The maximum absolute atomic E-state index is 12.3. The molecule has 1 aliphatic rings. The van der Waals surface area contributed by atoms with Crippen LogP contribution in [0.1, 0.15) is 13.3 Å².